The second-order valence-corrected chi connectivity index (χ2v) is 8.47. The Kier molecular flexibility index (Phi) is 7.47. The molecule has 0 unspecified atom stereocenters. The number of carbonyl (C=O) groups is 2. The number of hydrogen-bond donors (Lipinski definition) is 0. The molecule has 2 aliphatic rings. The van der Waals surface area contributed by atoms with Gasteiger partial charge in [-0.25, -0.2) is 4.39 Å². The van der Waals surface area contributed by atoms with Gasteiger partial charge in [0.1, 0.15) is 5.82 Å². The Morgan fingerprint density at radius 1 is 0.875 bits per heavy atom. The maximum absolute atomic E-state index is 13.1. The summed E-state index contributed by atoms with van der Waals surface area (Å²) in [6.45, 7) is 4.84. The molecule has 172 valence electrons. The third kappa shape index (κ3) is 5.91. The molecule has 9 heteroatoms. The third-order valence-electron chi connectivity index (χ3n) is 6.17. The lowest BCUT2D eigenvalue weighted by Gasteiger charge is -2.35. The van der Waals surface area contributed by atoms with Gasteiger partial charge in [-0.3, -0.25) is 14.5 Å². The van der Waals surface area contributed by atoms with Crippen LogP contribution in [0, 0.1) is 5.82 Å². The average molecular weight is 444 g/mol. The highest BCUT2D eigenvalue weighted by atomic mass is 19.1. The van der Waals surface area contributed by atoms with Crippen LogP contribution in [0.4, 0.5) is 4.39 Å². The van der Waals surface area contributed by atoms with E-state index < -0.39 is 0 Å². The van der Waals surface area contributed by atoms with E-state index in [-0.39, 0.29) is 24.1 Å². The highest BCUT2D eigenvalue weighted by Gasteiger charge is 2.24. The topological polar surface area (TPSA) is 82.8 Å². The molecule has 0 bridgehead atoms. The number of halogens is 1. The number of benzene rings is 1. The van der Waals surface area contributed by atoms with Crippen molar-refractivity contribution < 1.29 is 18.5 Å². The summed E-state index contributed by atoms with van der Waals surface area (Å²) in [6.07, 6.45) is 5.26. The minimum absolute atomic E-state index is 0.0463. The first-order valence-corrected chi connectivity index (χ1v) is 11.4. The van der Waals surface area contributed by atoms with Crippen molar-refractivity contribution in [1.82, 2.24) is 24.8 Å². The Hall–Kier alpha value is -2.81. The van der Waals surface area contributed by atoms with E-state index in [0.717, 1.165) is 25.9 Å². The molecule has 0 radical (unpaired) electrons. The van der Waals surface area contributed by atoms with Crippen LogP contribution in [0.15, 0.2) is 28.8 Å². The normalized spacial score (nSPS) is 17.9. The fourth-order valence-corrected chi connectivity index (χ4v) is 4.21. The van der Waals surface area contributed by atoms with Crippen LogP contribution in [-0.4, -0.2) is 82.5 Å². The lowest BCUT2D eigenvalue weighted by molar-refractivity contribution is -0.135. The number of rotatable bonds is 6. The summed E-state index contributed by atoms with van der Waals surface area (Å²) in [5.41, 5.74) is 0.665. The molecule has 0 spiro atoms. The predicted octanol–water partition coefficient (Wildman–Crippen LogP) is 2.36. The monoisotopic (exact) mass is 443 g/mol. The summed E-state index contributed by atoms with van der Waals surface area (Å²) >= 11 is 0. The minimum atomic E-state index is -0.325. The molecule has 1 aromatic heterocycles. The first-order chi connectivity index (χ1) is 15.6. The lowest BCUT2D eigenvalue weighted by Crippen LogP contribution is -2.51. The van der Waals surface area contributed by atoms with Gasteiger partial charge in [0.05, 0.1) is 6.54 Å². The van der Waals surface area contributed by atoms with Gasteiger partial charge >= 0.3 is 0 Å². The molecule has 32 heavy (non-hydrogen) atoms. The van der Waals surface area contributed by atoms with E-state index in [4.69, 9.17) is 4.52 Å². The van der Waals surface area contributed by atoms with Gasteiger partial charge < -0.3 is 14.3 Å². The summed E-state index contributed by atoms with van der Waals surface area (Å²) < 4.78 is 18.3. The molecule has 8 nitrogen and oxygen atoms in total. The summed E-state index contributed by atoms with van der Waals surface area (Å²) in [5, 5.41) is 3.91. The number of aromatic nitrogens is 2. The second kappa shape index (κ2) is 10.7. The molecule has 0 N–H and O–H groups in total. The Balaban J connectivity index is 1.19. The molecular weight excluding hydrogens is 413 g/mol. The zero-order valence-corrected chi connectivity index (χ0v) is 18.3. The van der Waals surface area contributed by atoms with Crippen LogP contribution in [0.25, 0.3) is 11.4 Å². The van der Waals surface area contributed by atoms with Gasteiger partial charge in [0.25, 0.3) is 0 Å². The van der Waals surface area contributed by atoms with Gasteiger partial charge in [0, 0.05) is 57.7 Å². The largest absolute Gasteiger partial charge is 0.342 e. The van der Waals surface area contributed by atoms with Crippen molar-refractivity contribution in [3.8, 4) is 11.4 Å². The van der Waals surface area contributed by atoms with Crippen LogP contribution in [0.5, 0.6) is 0 Å². The third-order valence-corrected chi connectivity index (χ3v) is 6.17. The van der Waals surface area contributed by atoms with Crippen molar-refractivity contribution in [3.63, 3.8) is 0 Å². The molecule has 0 aliphatic carbocycles. The first kappa shape index (κ1) is 22.4. The van der Waals surface area contributed by atoms with Crippen molar-refractivity contribution in [2.75, 3.05) is 45.8 Å². The van der Waals surface area contributed by atoms with Crippen LogP contribution in [0.2, 0.25) is 0 Å². The van der Waals surface area contributed by atoms with Crippen LogP contribution in [0.3, 0.4) is 0 Å². The van der Waals surface area contributed by atoms with Crippen LogP contribution >= 0.6 is 0 Å². The second-order valence-electron chi connectivity index (χ2n) is 8.47. The standard InChI is InChI=1S/C23H30FN5O3/c24-19-7-5-18(6-8-19)23-25-20(32-26-23)9-10-21(30)29-15-13-27(14-16-29)17-22(31)28-11-3-1-2-4-12-28/h5-8H,1-4,9-17H2. The van der Waals surface area contributed by atoms with E-state index in [1.807, 2.05) is 9.80 Å². The van der Waals surface area contributed by atoms with E-state index in [2.05, 4.69) is 15.0 Å². The Morgan fingerprint density at radius 3 is 2.22 bits per heavy atom. The number of amides is 2. The first-order valence-electron chi connectivity index (χ1n) is 11.4. The van der Waals surface area contributed by atoms with Crippen molar-refractivity contribution in [2.24, 2.45) is 0 Å². The minimum Gasteiger partial charge on any atom is -0.342 e. The summed E-state index contributed by atoms with van der Waals surface area (Å²) in [4.78, 5) is 35.5. The Morgan fingerprint density at radius 2 is 1.53 bits per heavy atom. The highest BCUT2D eigenvalue weighted by Crippen LogP contribution is 2.17. The van der Waals surface area contributed by atoms with E-state index in [1.165, 1.54) is 25.0 Å². The fourth-order valence-electron chi connectivity index (χ4n) is 4.21. The zero-order valence-electron chi connectivity index (χ0n) is 18.3. The van der Waals surface area contributed by atoms with Crippen LogP contribution in [-0.2, 0) is 16.0 Å². The van der Waals surface area contributed by atoms with E-state index >= 15 is 0 Å². The molecule has 2 amide bonds. The van der Waals surface area contributed by atoms with Gasteiger partial charge in [0.2, 0.25) is 23.5 Å². The summed E-state index contributed by atoms with van der Waals surface area (Å²) in [6, 6.07) is 5.87. The number of piperazine rings is 1. The quantitative estimate of drug-likeness (QED) is 0.682. The molecule has 3 heterocycles. The van der Waals surface area contributed by atoms with E-state index in [1.54, 1.807) is 12.1 Å². The van der Waals surface area contributed by atoms with Crippen molar-refractivity contribution in [3.05, 3.63) is 36.0 Å². The van der Waals surface area contributed by atoms with Crippen molar-refractivity contribution in [2.45, 2.75) is 38.5 Å². The molecule has 0 saturated carbocycles. The molecule has 2 aromatic rings. The Labute approximate surface area is 187 Å². The number of hydrogen-bond acceptors (Lipinski definition) is 6. The van der Waals surface area contributed by atoms with E-state index in [9.17, 15) is 14.0 Å². The summed E-state index contributed by atoms with van der Waals surface area (Å²) in [5.74, 6) is 0.703. The maximum Gasteiger partial charge on any atom is 0.236 e. The number of carbonyl (C=O) groups excluding carboxylic acids is 2. The number of nitrogens with zero attached hydrogens (tertiary/aromatic N) is 5. The van der Waals surface area contributed by atoms with Gasteiger partial charge in [0.15, 0.2) is 0 Å². The van der Waals surface area contributed by atoms with E-state index in [0.29, 0.717) is 56.4 Å². The average Bonchev–Trinajstić information content (AvgIpc) is 3.11. The SMILES string of the molecule is O=C(CCc1nc(-c2ccc(F)cc2)no1)N1CCN(CC(=O)N2CCCCCC2)CC1. The number of aryl methyl sites for hydroxylation is 1. The van der Waals surface area contributed by atoms with Crippen LogP contribution in [0.1, 0.15) is 38.0 Å². The van der Waals surface area contributed by atoms with Gasteiger partial charge in [-0.15, -0.1) is 0 Å². The molecule has 2 fully saturated rings. The molecule has 4 rings (SSSR count). The highest BCUT2D eigenvalue weighted by molar-refractivity contribution is 5.78. The molecule has 1 aromatic carbocycles. The van der Waals surface area contributed by atoms with Gasteiger partial charge in [-0.05, 0) is 37.1 Å². The van der Waals surface area contributed by atoms with Gasteiger partial charge in [-0.1, -0.05) is 18.0 Å². The van der Waals surface area contributed by atoms with Crippen molar-refractivity contribution in [1.29, 1.82) is 0 Å². The number of likely N-dealkylation sites (tertiary alicyclic amines) is 1. The smallest absolute Gasteiger partial charge is 0.236 e. The zero-order chi connectivity index (χ0) is 22.3. The molecular formula is C23H30FN5O3. The lowest BCUT2D eigenvalue weighted by atomic mass is 10.2. The summed E-state index contributed by atoms with van der Waals surface area (Å²) in [7, 11) is 0. The Bertz CT molecular complexity index is 901. The van der Waals surface area contributed by atoms with Crippen molar-refractivity contribution >= 4 is 11.8 Å². The molecule has 0 atom stereocenters. The molecule has 2 aliphatic heterocycles. The predicted molar refractivity (Wildman–Crippen MR) is 116 cm³/mol. The fraction of sp³-hybridized carbons (Fsp3) is 0.565. The van der Waals surface area contributed by atoms with Crippen LogP contribution < -0.4 is 0 Å². The maximum atomic E-state index is 13.1. The molecule has 2 saturated heterocycles. The van der Waals surface area contributed by atoms with Gasteiger partial charge in [-0.2, -0.15) is 4.98 Å².